The lowest BCUT2D eigenvalue weighted by molar-refractivity contribution is -0.123. The third-order valence-corrected chi connectivity index (χ3v) is 4.57. The second-order valence-electron chi connectivity index (χ2n) is 6.50. The zero-order valence-electron chi connectivity index (χ0n) is 15.4. The van der Waals surface area contributed by atoms with Crippen LogP contribution in [-0.2, 0) is 14.3 Å². The molecule has 0 bridgehead atoms. The Kier molecular flexibility index (Phi) is 7.34. The van der Waals surface area contributed by atoms with E-state index in [4.69, 9.17) is 4.74 Å². The van der Waals surface area contributed by atoms with E-state index in [1.165, 1.54) is 19.2 Å². The molecule has 1 aromatic rings. The average molecular weight is 376 g/mol. The molecule has 2 unspecified atom stereocenters. The minimum Gasteiger partial charge on any atom is -0.465 e. The highest BCUT2D eigenvalue weighted by molar-refractivity contribution is 6.04. The Morgan fingerprint density at radius 2 is 1.67 bits per heavy atom. The van der Waals surface area contributed by atoms with Gasteiger partial charge in [0.1, 0.15) is 0 Å². The molecule has 0 aliphatic heterocycles. The second kappa shape index (κ2) is 9.70. The third kappa shape index (κ3) is 5.80. The molecule has 8 nitrogen and oxygen atoms in total. The van der Waals surface area contributed by atoms with Crippen molar-refractivity contribution < 1.29 is 28.7 Å². The molecule has 2 rings (SSSR count). The summed E-state index contributed by atoms with van der Waals surface area (Å²) in [5, 5.41) is 4.92. The minimum atomic E-state index is -0.854. The Balaban J connectivity index is 1.84. The van der Waals surface area contributed by atoms with Gasteiger partial charge in [-0.05, 0) is 30.9 Å². The number of nitrogens with one attached hydrogen (secondary N) is 2. The molecular weight excluding hydrogens is 352 g/mol. The van der Waals surface area contributed by atoms with E-state index in [0.717, 1.165) is 25.7 Å². The van der Waals surface area contributed by atoms with Crippen molar-refractivity contribution in [1.82, 2.24) is 10.6 Å². The van der Waals surface area contributed by atoms with Crippen molar-refractivity contribution in [3.05, 3.63) is 35.4 Å². The fraction of sp³-hybridized carbons (Fsp3) is 0.474. The molecule has 146 valence electrons. The van der Waals surface area contributed by atoms with E-state index < -0.39 is 30.5 Å². The number of methoxy groups -OCH3 is 1. The van der Waals surface area contributed by atoms with Gasteiger partial charge >= 0.3 is 18.0 Å². The first-order valence-corrected chi connectivity index (χ1v) is 8.87. The van der Waals surface area contributed by atoms with Gasteiger partial charge in [-0.1, -0.05) is 31.9 Å². The van der Waals surface area contributed by atoms with Gasteiger partial charge in [-0.2, -0.15) is 0 Å². The highest BCUT2D eigenvalue weighted by Crippen LogP contribution is 2.23. The lowest BCUT2D eigenvalue weighted by Gasteiger charge is -2.29. The molecule has 27 heavy (non-hydrogen) atoms. The topological polar surface area (TPSA) is 111 Å². The number of benzene rings is 1. The van der Waals surface area contributed by atoms with Crippen LogP contribution < -0.4 is 10.6 Å². The van der Waals surface area contributed by atoms with Gasteiger partial charge in [0.25, 0.3) is 5.91 Å². The number of amides is 3. The van der Waals surface area contributed by atoms with Crippen molar-refractivity contribution in [1.29, 1.82) is 0 Å². The van der Waals surface area contributed by atoms with Gasteiger partial charge in [-0.3, -0.25) is 10.1 Å². The number of esters is 2. The first-order chi connectivity index (χ1) is 12.9. The molecule has 2 atom stereocenters. The first-order valence-electron chi connectivity index (χ1n) is 8.87. The largest absolute Gasteiger partial charge is 0.465 e. The van der Waals surface area contributed by atoms with Crippen LogP contribution in [0.5, 0.6) is 0 Å². The Morgan fingerprint density at radius 1 is 1.04 bits per heavy atom. The summed E-state index contributed by atoms with van der Waals surface area (Å²) in [5.41, 5.74) is 0.0204. The molecule has 1 saturated carbocycles. The van der Waals surface area contributed by atoms with E-state index in [-0.39, 0.29) is 17.2 Å². The normalized spacial score (nSPS) is 18.9. The third-order valence-electron chi connectivity index (χ3n) is 4.57. The van der Waals surface area contributed by atoms with Crippen LogP contribution in [0.15, 0.2) is 24.3 Å². The van der Waals surface area contributed by atoms with Crippen molar-refractivity contribution in [3.8, 4) is 0 Å². The molecule has 0 heterocycles. The molecule has 0 saturated heterocycles. The number of imide groups is 1. The smallest absolute Gasteiger partial charge is 0.339 e. The molecule has 0 radical (unpaired) electrons. The quantitative estimate of drug-likeness (QED) is 0.761. The van der Waals surface area contributed by atoms with E-state index in [1.807, 2.05) is 0 Å². The minimum absolute atomic E-state index is 0.0161. The summed E-state index contributed by atoms with van der Waals surface area (Å²) in [7, 11) is 1.20. The van der Waals surface area contributed by atoms with E-state index in [2.05, 4.69) is 22.3 Å². The SMILES string of the molecule is COC(=O)c1ccccc1C(=O)OCC(=O)NC(=O)NC1CCCCC1C. The van der Waals surface area contributed by atoms with Crippen LogP contribution in [0.25, 0.3) is 0 Å². The molecule has 1 aromatic carbocycles. The molecule has 1 fully saturated rings. The second-order valence-corrected chi connectivity index (χ2v) is 6.50. The van der Waals surface area contributed by atoms with Gasteiger partial charge in [0.05, 0.1) is 18.2 Å². The van der Waals surface area contributed by atoms with Crippen LogP contribution in [0, 0.1) is 5.92 Å². The highest BCUT2D eigenvalue weighted by Gasteiger charge is 2.24. The molecule has 2 N–H and O–H groups in total. The van der Waals surface area contributed by atoms with Crippen molar-refractivity contribution in [2.24, 2.45) is 5.92 Å². The van der Waals surface area contributed by atoms with Crippen LogP contribution in [0.3, 0.4) is 0 Å². The number of ether oxygens (including phenoxy) is 2. The van der Waals surface area contributed by atoms with Crippen molar-refractivity contribution in [3.63, 3.8) is 0 Å². The van der Waals surface area contributed by atoms with Gasteiger partial charge in [0, 0.05) is 6.04 Å². The summed E-state index contributed by atoms with van der Waals surface area (Å²) < 4.78 is 9.51. The maximum Gasteiger partial charge on any atom is 0.339 e. The van der Waals surface area contributed by atoms with E-state index >= 15 is 0 Å². The summed E-state index contributed by atoms with van der Waals surface area (Å²) in [6.07, 6.45) is 4.10. The van der Waals surface area contributed by atoms with Gasteiger partial charge in [0.2, 0.25) is 0 Å². The van der Waals surface area contributed by atoms with Crippen LogP contribution >= 0.6 is 0 Å². The fourth-order valence-electron chi connectivity index (χ4n) is 3.06. The van der Waals surface area contributed by atoms with E-state index in [1.54, 1.807) is 12.1 Å². The molecule has 0 spiro atoms. The standard InChI is InChI=1S/C19H24N2O6/c1-12-7-3-6-10-15(12)20-19(25)21-16(22)11-27-18(24)14-9-5-4-8-13(14)17(23)26-2/h4-5,8-9,12,15H,3,6-7,10-11H2,1-2H3,(H2,20,21,22,25). The van der Waals surface area contributed by atoms with Gasteiger partial charge in [-0.25, -0.2) is 14.4 Å². The van der Waals surface area contributed by atoms with Crippen molar-refractivity contribution in [2.45, 2.75) is 38.6 Å². The molecule has 3 amide bonds. The number of urea groups is 1. The zero-order valence-corrected chi connectivity index (χ0v) is 15.4. The van der Waals surface area contributed by atoms with Gasteiger partial charge in [0.15, 0.2) is 6.61 Å². The lowest BCUT2D eigenvalue weighted by atomic mass is 9.86. The maximum absolute atomic E-state index is 12.1. The fourth-order valence-corrected chi connectivity index (χ4v) is 3.06. The number of hydrogen-bond acceptors (Lipinski definition) is 6. The highest BCUT2D eigenvalue weighted by atomic mass is 16.5. The summed E-state index contributed by atoms with van der Waals surface area (Å²) in [6.45, 7) is 1.43. The Morgan fingerprint density at radius 3 is 2.30 bits per heavy atom. The molecule has 1 aliphatic carbocycles. The predicted molar refractivity (Wildman–Crippen MR) is 96.2 cm³/mol. The summed E-state index contributed by atoms with van der Waals surface area (Å²) in [6, 6.07) is 5.37. The zero-order chi connectivity index (χ0) is 19.8. The van der Waals surface area contributed by atoms with E-state index in [9.17, 15) is 19.2 Å². The van der Waals surface area contributed by atoms with Crippen LogP contribution in [0.1, 0.15) is 53.3 Å². The lowest BCUT2D eigenvalue weighted by Crippen LogP contribution is -2.48. The van der Waals surface area contributed by atoms with Crippen LogP contribution in [-0.4, -0.2) is 43.6 Å². The molecule has 0 aromatic heterocycles. The number of carbonyl (C=O) groups is 4. The number of hydrogen-bond donors (Lipinski definition) is 2. The Hall–Kier alpha value is -2.90. The summed E-state index contributed by atoms with van der Waals surface area (Å²) >= 11 is 0. The van der Waals surface area contributed by atoms with Crippen molar-refractivity contribution in [2.75, 3.05) is 13.7 Å². The maximum atomic E-state index is 12.1. The molecular formula is C19H24N2O6. The van der Waals surface area contributed by atoms with Crippen LogP contribution in [0.2, 0.25) is 0 Å². The Bertz CT molecular complexity index is 718. The summed E-state index contributed by atoms with van der Waals surface area (Å²) in [4.78, 5) is 47.6. The number of rotatable bonds is 5. The Labute approximate surface area is 157 Å². The number of carbonyl (C=O) groups excluding carboxylic acids is 4. The summed E-state index contributed by atoms with van der Waals surface area (Å²) in [5.74, 6) is -1.94. The monoisotopic (exact) mass is 376 g/mol. The molecule has 1 aliphatic rings. The predicted octanol–water partition coefficient (Wildman–Crippen LogP) is 2.03. The van der Waals surface area contributed by atoms with Gasteiger partial charge < -0.3 is 14.8 Å². The first kappa shape index (κ1) is 20.4. The molecule has 8 heteroatoms. The van der Waals surface area contributed by atoms with E-state index in [0.29, 0.717) is 5.92 Å². The van der Waals surface area contributed by atoms with Crippen LogP contribution in [0.4, 0.5) is 4.79 Å². The van der Waals surface area contributed by atoms with Gasteiger partial charge in [-0.15, -0.1) is 0 Å². The van der Waals surface area contributed by atoms with Crippen molar-refractivity contribution >= 4 is 23.9 Å². The average Bonchev–Trinajstić information content (AvgIpc) is 2.67.